The molecular weight excluding hydrogens is 216 g/mol. The second kappa shape index (κ2) is 5.66. The molecule has 0 aromatic carbocycles. The van der Waals surface area contributed by atoms with E-state index in [4.69, 9.17) is 4.74 Å². The van der Waals surface area contributed by atoms with E-state index in [1.807, 2.05) is 12.1 Å². The maximum absolute atomic E-state index is 10.8. The van der Waals surface area contributed by atoms with Gasteiger partial charge in [-0.2, -0.15) is 0 Å². The molecule has 0 saturated heterocycles. The third-order valence-electron chi connectivity index (χ3n) is 2.93. The first kappa shape index (κ1) is 11.9. The first-order valence-electron chi connectivity index (χ1n) is 6.10. The lowest BCUT2D eigenvalue weighted by molar-refractivity contribution is -0.119. The summed E-state index contributed by atoms with van der Waals surface area (Å²) < 4.78 is 5.76. The molecule has 0 unspecified atom stereocenters. The van der Waals surface area contributed by atoms with Gasteiger partial charge in [-0.15, -0.1) is 0 Å². The van der Waals surface area contributed by atoms with Crippen LogP contribution in [0.15, 0.2) is 18.3 Å². The van der Waals surface area contributed by atoms with E-state index >= 15 is 0 Å². The average molecular weight is 234 g/mol. The van der Waals surface area contributed by atoms with E-state index < -0.39 is 0 Å². The van der Waals surface area contributed by atoms with Gasteiger partial charge in [-0.1, -0.05) is 6.07 Å². The minimum Gasteiger partial charge on any atom is -0.474 e. The molecule has 1 aliphatic rings. The topological polar surface area (TPSA) is 51.2 Å². The van der Waals surface area contributed by atoms with Crippen molar-refractivity contribution < 1.29 is 9.53 Å². The number of nitrogens with one attached hydrogen (secondary N) is 1. The van der Waals surface area contributed by atoms with Crippen LogP contribution in [0.3, 0.4) is 0 Å². The molecule has 1 aromatic rings. The highest BCUT2D eigenvalue weighted by atomic mass is 16.5. The van der Waals surface area contributed by atoms with Gasteiger partial charge in [0.05, 0.1) is 0 Å². The van der Waals surface area contributed by atoms with Crippen molar-refractivity contribution in [3.05, 3.63) is 23.9 Å². The average Bonchev–Trinajstić information content (AvgIpc) is 2.81. The molecule has 1 N–H and O–H groups in total. The van der Waals surface area contributed by atoms with Crippen LogP contribution in [0.1, 0.15) is 38.2 Å². The third-order valence-corrected chi connectivity index (χ3v) is 2.93. The second-order valence-electron chi connectivity index (χ2n) is 4.44. The van der Waals surface area contributed by atoms with Gasteiger partial charge in [0.2, 0.25) is 11.8 Å². The summed E-state index contributed by atoms with van der Waals surface area (Å²) in [4.78, 5) is 15.0. The van der Waals surface area contributed by atoms with E-state index in [0.717, 1.165) is 18.4 Å². The molecule has 1 heterocycles. The Hall–Kier alpha value is -1.58. The fourth-order valence-corrected chi connectivity index (χ4v) is 1.99. The van der Waals surface area contributed by atoms with Crippen LogP contribution in [0, 0.1) is 0 Å². The Labute approximate surface area is 101 Å². The van der Waals surface area contributed by atoms with Crippen LogP contribution in [-0.4, -0.2) is 17.0 Å². The number of carbonyl (C=O) groups excluding carboxylic acids is 1. The summed E-state index contributed by atoms with van der Waals surface area (Å²) in [5.41, 5.74) is 0.985. The SMILES string of the molecule is CC(=O)NCc1ccc(OC2CCCC2)nc1. The van der Waals surface area contributed by atoms with Crippen molar-refractivity contribution in [2.24, 2.45) is 0 Å². The predicted molar refractivity (Wildman–Crippen MR) is 64.6 cm³/mol. The second-order valence-corrected chi connectivity index (χ2v) is 4.44. The zero-order chi connectivity index (χ0) is 12.1. The Balaban J connectivity index is 1.86. The summed E-state index contributed by atoms with van der Waals surface area (Å²) in [6.07, 6.45) is 6.87. The van der Waals surface area contributed by atoms with Crippen molar-refractivity contribution in [1.82, 2.24) is 10.3 Å². The first-order valence-corrected chi connectivity index (χ1v) is 6.10. The Bertz CT molecular complexity index is 370. The molecule has 0 atom stereocenters. The van der Waals surface area contributed by atoms with Crippen molar-refractivity contribution in [1.29, 1.82) is 0 Å². The Morgan fingerprint density at radius 1 is 1.47 bits per heavy atom. The van der Waals surface area contributed by atoms with E-state index in [1.54, 1.807) is 6.20 Å². The highest BCUT2D eigenvalue weighted by molar-refractivity contribution is 5.72. The van der Waals surface area contributed by atoms with Crippen LogP contribution in [0.5, 0.6) is 5.88 Å². The van der Waals surface area contributed by atoms with Crippen LogP contribution in [0.2, 0.25) is 0 Å². The van der Waals surface area contributed by atoms with Crippen LogP contribution in [-0.2, 0) is 11.3 Å². The number of carbonyl (C=O) groups is 1. The number of pyridine rings is 1. The number of nitrogens with zero attached hydrogens (tertiary/aromatic N) is 1. The molecule has 1 aliphatic carbocycles. The zero-order valence-corrected chi connectivity index (χ0v) is 10.1. The molecule has 0 bridgehead atoms. The summed E-state index contributed by atoms with van der Waals surface area (Å²) in [5.74, 6) is 0.653. The normalized spacial score (nSPS) is 15.8. The molecule has 92 valence electrons. The van der Waals surface area contributed by atoms with Crippen LogP contribution < -0.4 is 10.1 Å². The molecule has 0 radical (unpaired) electrons. The summed E-state index contributed by atoms with van der Waals surface area (Å²) in [6, 6.07) is 3.81. The maximum atomic E-state index is 10.8. The molecule has 0 aliphatic heterocycles. The van der Waals surface area contributed by atoms with E-state index in [-0.39, 0.29) is 5.91 Å². The van der Waals surface area contributed by atoms with Crippen molar-refractivity contribution in [3.8, 4) is 5.88 Å². The molecule has 17 heavy (non-hydrogen) atoms. The molecule has 4 nitrogen and oxygen atoms in total. The van der Waals surface area contributed by atoms with E-state index in [0.29, 0.717) is 18.5 Å². The molecule has 1 amide bonds. The number of aromatic nitrogens is 1. The van der Waals surface area contributed by atoms with Gasteiger partial charge in [0.1, 0.15) is 6.10 Å². The monoisotopic (exact) mass is 234 g/mol. The fraction of sp³-hybridized carbons (Fsp3) is 0.538. The van der Waals surface area contributed by atoms with Gasteiger partial charge in [-0.25, -0.2) is 4.98 Å². The lowest BCUT2D eigenvalue weighted by Crippen LogP contribution is -2.19. The highest BCUT2D eigenvalue weighted by Gasteiger charge is 2.16. The first-order chi connectivity index (χ1) is 8.24. The fourth-order valence-electron chi connectivity index (χ4n) is 1.99. The summed E-state index contributed by atoms with van der Waals surface area (Å²) in [5, 5.41) is 2.73. The van der Waals surface area contributed by atoms with Gasteiger partial charge in [-0.3, -0.25) is 4.79 Å². The van der Waals surface area contributed by atoms with Crippen LogP contribution >= 0.6 is 0 Å². The van der Waals surface area contributed by atoms with Crippen LogP contribution in [0.4, 0.5) is 0 Å². The predicted octanol–water partition coefficient (Wildman–Crippen LogP) is 2.04. The molecular formula is C13H18N2O2. The maximum Gasteiger partial charge on any atom is 0.217 e. The van der Waals surface area contributed by atoms with Gasteiger partial charge in [0.25, 0.3) is 0 Å². The summed E-state index contributed by atoms with van der Waals surface area (Å²) in [6.45, 7) is 2.02. The minimum absolute atomic E-state index is 0.0312. The van der Waals surface area contributed by atoms with Gasteiger partial charge >= 0.3 is 0 Å². The largest absolute Gasteiger partial charge is 0.474 e. The molecule has 2 rings (SSSR count). The van der Waals surface area contributed by atoms with Crippen LogP contribution in [0.25, 0.3) is 0 Å². The lowest BCUT2D eigenvalue weighted by atomic mass is 10.3. The number of hydrogen-bond acceptors (Lipinski definition) is 3. The summed E-state index contributed by atoms with van der Waals surface area (Å²) in [7, 11) is 0. The molecule has 4 heteroatoms. The number of ether oxygens (including phenoxy) is 1. The van der Waals surface area contributed by atoms with E-state index in [2.05, 4.69) is 10.3 Å². The number of amides is 1. The lowest BCUT2D eigenvalue weighted by Gasteiger charge is -2.12. The van der Waals surface area contributed by atoms with Gasteiger partial charge in [-0.05, 0) is 31.2 Å². The molecule has 1 aromatic heterocycles. The standard InChI is InChI=1S/C13H18N2O2/c1-10(16)14-8-11-6-7-13(15-9-11)17-12-4-2-3-5-12/h6-7,9,12H,2-5,8H2,1H3,(H,14,16). The smallest absolute Gasteiger partial charge is 0.217 e. The van der Waals surface area contributed by atoms with Crippen molar-refractivity contribution in [2.45, 2.75) is 45.3 Å². The van der Waals surface area contributed by atoms with Crippen molar-refractivity contribution in [2.75, 3.05) is 0 Å². The molecule has 1 fully saturated rings. The van der Waals surface area contributed by atoms with Gasteiger partial charge < -0.3 is 10.1 Å². The molecule has 1 saturated carbocycles. The van der Waals surface area contributed by atoms with Crippen molar-refractivity contribution in [3.63, 3.8) is 0 Å². The quantitative estimate of drug-likeness (QED) is 0.867. The Morgan fingerprint density at radius 2 is 2.24 bits per heavy atom. The van der Waals surface area contributed by atoms with E-state index in [1.165, 1.54) is 19.8 Å². The Morgan fingerprint density at radius 3 is 2.82 bits per heavy atom. The molecule has 0 spiro atoms. The van der Waals surface area contributed by atoms with E-state index in [9.17, 15) is 4.79 Å². The zero-order valence-electron chi connectivity index (χ0n) is 10.1. The highest BCUT2D eigenvalue weighted by Crippen LogP contribution is 2.22. The van der Waals surface area contributed by atoms with Gasteiger partial charge in [0.15, 0.2) is 0 Å². The number of hydrogen-bond donors (Lipinski definition) is 1. The van der Waals surface area contributed by atoms with Gasteiger partial charge in [0, 0.05) is 25.7 Å². The van der Waals surface area contributed by atoms with Crippen molar-refractivity contribution >= 4 is 5.91 Å². The third kappa shape index (κ3) is 3.73. The summed E-state index contributed by atoms with van der Waals surface area (Å²) >= 11 is 0. The minimum atomic E-state index is -0.0312. The Kier molecular flexibility index (Phi) is 3.96. The number of rotatable bonds is 4.